The molecule has 2 N–H and O–H groups in total. The van der Waals surface area contributed by atoms with Crippen molar-refractivity contribution in [2.75, 3.05) is 19.4 Å². The number of anilines is 1. The van der Waals surface area contributed by atoms with Crippen LogP contribution in [-0.2, 0) is 10.2 Å². The van der Waals surface area contributed by atoms with E-state index in [9.17, 15) is 14.7 Å². The van der Waals surface area contributed by atoms with E-state index in [0.717, 1.165) is 18.4 Å². The molecule has 1 unspecified atom stereocenters. The van der Waals surface area contributed by atoms with E-state index in [1.54, 1.807) is 44.4 Å². The van der Waals surface area contributed by atoms with Crippen LogP contribution >= 0.6 is 11.6 Å². The molecule has 7 heteroatoms. The van der Waals surface area contributed by atoms with Crippen LogP contribution in [0.25, 0.3) is 0 Å². The third kappa shape index (κ3) is 5.84. The van der Waals surface area contributed by atoms with Crippen LogP contribution < -0.4 is 5.32 Å². The second-order valence-corrected chi connectivity index (χ2v) is 9.88. The van der Waals surface area contributed by atoms with Gasteiger partial charge in [-0.1, -0.05) is 53.8 Å². The molecule has 0 aromatic heterocycles. The average molecular weight is 512 g/mol. The van der Waals surface area contributed by atoms with Gasteiger partial charge in [0.25, 0.3) is 11.8 Å². The molecule has 0 aliphatic heterocycles. The van der Waals surface area contributed by atoms with E-state index in [-0.39, 0.29) is 28.3 Å². The molecule has 0 heterocycles. The summed E-state index contributed by atoms with van der Waals surface area (Å²) in [4.78, 5) is 27.1. The summed E-state index contributed by atoms with van der Waals surface area (Å²) in [5.41, 5.74) is 0.403. The molecule has 186 valence electrons. The summed E-state index contributed by atoms with van der Waals surface area (Å²) in [5, 5.41) is 23.7. The molecule has 6 nitrogen and oxygen atoms in total. The first-order valence-corrected chi connectivity index (χ1v) is 12.2. The molecule has 1 aliphatic rings. The quantitative estimate of drug-likeness (QED) is 0.467. The summed E-state index contributed by atoms with van der Waals surface area (Å²) in [6, 6.07) is 23.0. The van der Waals surface area contributed by atoms with E-state index >= 15 is 0 Å². The molecule has 1 atom stereocenters. The maximum absolute atomic E-state index is 13.5. The second-order valence-electron chi connectivity index (χ2n) is 9.47. The van der Waals surface area contributed by atoms with Crippen LogP contribution in [0, 0.1) is 23.2 Å². The summed E-state index contributed by atoms with van der Waals surface area (Å²) in [6.45, 7) is 0. The van der Waals surface area contributed by atoms with Crippen LogP contribution in [0.5, 0.6) is 0 Å². The predicted molar refractivity (Wildman–Crippen MR) is 143 cm³/mol. The van der Waals surface area contributed by atoms with Crippen molar-refractivity contribution >= 4 is 29.1 Å². The summed E-state index contributed by atoms with van der Waals surface area (Å²) in [5.74, 6) is 4.94. The summed E-state index contributed by atoms with van der Waals surface area (Å²) < 4.78 is 0. The molecule has 1 aliphatic carbocycles. The monoisotopic (exact) mass is 511 g/mol. The highest BCUT2D eigenvalue weighted by atomic mass is 35.5. The highest BCUT2D eigenvalue weighted by molar-refractivity contribution is 6.32. The smallest absolute Gasteiger partial charge is 0.269 e. The van der Waals surface area contributed by atoms with Crippen LogP contribution in [0.15, 0.2) is 72.8 Å². The number of nitrogens with one attached hydrogen (secondary N) is 1. The predicted octanol–water partition coefficient (Wildman–Crippen LogP) is 4.76. The Morgan fingerprint density at radius 3 is 2.32 bits per heavy atom. The molecule has 37 heavy (non-hydrogen) atoms. The van der Waals surface area contributed by atoms with E-state index in [4.69, 9.17) is 16.9 Å². The van der Waals surface area contributed by atoms with Crippen molar-refractivity contribution in [3.05, 3.63) is 100 Å². The Kier molecular flexibility index (Phi) is 7.36. The zero-order chi connectivity index (χ0) is 26.6. The van der Waals surface area contributed by atoms with Crippen LogP contribution in [0.1, 0.15) is 46.3 Å². The second kappa shape index (κ2) is 10.5. The number of halogens is 1. The average Bonchev–Trinajstić information content (AvgIpc) is 3.68. The number of aliphatic hydroxyl groups is 1. The number of amides is 2. The summed E-state index contributed by atoms with van der Waals surface area (Å²) in [7, 11) is 3.35. The minimum absolute atomic E-state index is 0.115. The fourth-order valence-corrected chi connectivity index (χ4v) is 4.45. The van der Waals surface area contributed by atoms with Gasteiger partial charge < -0.3 is 15.3 Å². The minimum Gasteiger partial charge on any atom is -0.369 e. The van der Waals surface area contributed by atoms with Crippen molar-refractivity contribution in [3.8, 4) is 17.9 Å². The zero-order valence-corrected chi connectivity index (χ0v) is 21.3. The van der Waals surface area contributed by atoms with Gasteiger partial charge in [0.1, 0.15) is 6.07 Å². The molecular formula is C30H26ClN3O3. The van der Waals surface area contributed by atoms with Crippen molar-refractivity contribution in [1.29, 1.82) is 5.26 Å². The van der Waals surface area contributed by atoms with Crippen molar-refractivity contribution in [1.82, 2.24) is 4.90 Å². The van der Waals surface area contributed by atoms with Crippen LogP contribution in [0.2, 0.25) is 5.02 Å². The number of nitriles is 1. The third-order valence-corrected chi connectivity index (χ3v) is 6.82. The molecule has 0 spiro atoms. The van der Waals surface area contributed by atoms with Crippen LogP contribution in [-0.4, -0.2) is 41.5 Å². The van der Waals surface area contributed by atoms with Gasteiger partial charge in [-0.15, -0.1) is 0 Å². The number of carbonyl (C=O) groups excluding carboxylic acids is 2. The molecule has 0 saturated heterocycles. The molecule has 3 aromatic carbocycles. The molecular weight excluding hydrogens is 486 g/mol. The SMILES string of the molecule is CN(C)C(=O)c1ccc(C#CC(O)(CC2(c3ccccc3)CC2)C(=O)Nc2ccc(C#N)c(Cl)c2)cc1. The Balaban J connectivity index is 1.65. The lowest BCUT2D eigenvalue weighted by Gasteiger charge is -2.27. The highest BCUT2D eigenvalue weighted by Crippen LogP contribution is 2.53. The van der Waals surface area contributed by atoms with E-state index in [2.05, 4.69) is 17.2 Å². The Morgan fingerprint density at radius 1 is 1.08 bits per heavy atom. The summed E-state index contributed by atoms with van der Waals surface area (Å²) >= 11 is 6.13. The van der Waals surface area contributed by atoms with Crippen LogP contribution in [0.3, 0.4) is 0 Å². The molecule has 1 saturated carbocycles. The van der Waals surface area contributed by atoms with Crippen molar-refractivity contribution in [3.63, 3.8) is 0 Å². The van der Waals surface area contributed by atoms with Gasteiger partial charge in [-0.25, -0.2) is 0 Å². The Labute approximate surface area is 221 Å². The maximum atomic E-state index is 13.5. The van der Waals surface area contributed by atoms with Gasteiger partial charge in [-0.05, 0) is 66.3 Å². The number of hydrogen-bond acceptors (Lipinski definition) is 4. The van der Waals surface area contributed by atoms with Crippen molar-refractivity contribution in [2.24, 2.45) is 0 Å². The minimum atomic E-state index is -2.01. The topological polar surface area (TPSA) is 93.4 Å². The lowest BCUT2D eigenvalue weighted by atomic mass is 9.82. The van der Waals surface area contributed by atoms with E-state index in [0.29, 0.717) is 16.8 Å². The fraction of sp³-hybridized carbons (Fsp3) is 0.233. The maximum Gasteiger partial charge on any atom is 0.269 e. The normalized spacial score (nSPS) is 14.8. The Hall–Kier alpha value is -4.10. The Bertz CT molecular complexity index is 1430. The number of hydrogen-bond donors (Lipinski definition) is 2. The highest BCUT2D eigenvalue weighted by Gasteiger charge is 2.52. The van der Waals surface area contributed by atoms with Gasteiger partial charge >= 0.3 is 0 Å². The molecule has 2 amide bonds. The first kappa shape index (κ1) is 26.0. The molecule has 3 aromatic rings. The van der Waals surface area contributed by atoms with Crippen LogP contribution in [0.4, 0.5) is 5.69 Å². The third-order valence-electron chi connectivity index (χ3n) is 6.51. The summed E-state index contributed by atoms with van der Waals surface area (Å²) in [6.07, 6.45) is 1.78. The molecule has 0 radical (unpaired) electrons. The number of carbonyl (C=O) groups is 2. The largest absolute Gasteiger partial charge is 0.369 e. The van der Waals surface area contributed by atoms with Gasteiger partial charge in [0.2, 0.25) is 5.60 Å². The van der Waals surface area contributed by atoms with Crippen molar-refractivity contribution < 1.29 is 14.7 Å². The van der Waals surface area contributed by atoms with Gasteiger partial charge in [0.15, 0.2) is 0 Å². The van der Waals surface area contributed by atoms with E-state index in [1.165, 1.54) is 17.0 Å². The van der Waals surface area contributed by atoms with Crippen molar-refractivity contribution in [2.45, 2.75) is 30.3 Å². The number of rotatable bonds is 6. The Morgan fingerprint density at radius 2 is 1.76 bits per heavy atom. The molecule has 0 bridgehead atoms. The first-order chi connectivity index (χ1) is 17.7. The lowest BCUT2D eigenvalue weighted by molar-refractivity contribution is -0.129. The van der Waals surface area contributed by atoms with Gasteiger partial charge in [-0.3, -0.25) is 9.59 Å². The molecule has 4 rings (SSSR count). The lowest BCUT2D eigenvalue weighted by Crippen LogP contribution is -2.44. The number of nitrogens with zero attached hydrogens (tertiary/aromatic N) is 2. The molecule has 1 fully saturated rings. The van der Waals surface area contributed by atoms with E-state index in [1.807, 2.05) is 36.4 Å². The number of benzene rings is 3. The van der Waals surface area contributed by atoms with E-state index < -0.39 is 11.5 Å². The van der Waals surface area contributed by atoms with Gasteiger partial charge in [0.05, 0.1) is 10.6 Å². The van der Waals surface area contributed by atoms with Gasteiger partial charge in [0, 0.05) is 37.3 Å². The first-order valence-electron chi connectivity index (χ1n) is 11.8. The van der Waals surface area contributed by atoms with Gasteiger partial charge in [-0.2, -0.15) is 5.26 Å². The fourth-order valence-electron chi connectivity index (χ4n) is 4.23. The standard InChI is InChI=1S/C30H26ClN3O3/c1-34(2)27(35)22-10-8-21(9-11-22)14-15-30(37,20-29(16-17-29)24-6-4-3-5-7-24)28(36)33-25-13-12-23(19-32)26(31)18-25/h3-13,18,37H,16-17,20H2,1-2H3,(H,33,36). The zero-order valence-electron chi connectivity index (χ0n) is 20.6.